The van der Waals surface area contributed by atoms with E-state index in [-0.39, 0.29) is 12.0 Å². The summed E-state index contributed by atoms with van der Waals surface area (Å²) in [7, 11) is -9.34. The lowest BCUT2D eigenvalue weighted by Gasteiger charge is -2.14. The molecular formula is C11H10N2O5S2. The van der Waals surface area contributed by atoms with Crippen molar-refractivity contribution in [3.8, 4) is 12.1 Å². The van der Waals surface area contributed by atoms with Gasteiger partial charge in [-0.15, -0.1) is 0 Å². The highest BCUT2D eigenvalue weighted by molar-refractivity contribution is 8.06. The van der Waals surface area contributed by atoms with Crippen molar-refractivity contribution in [2.24, 2.45) is 0 Å². The normalized spacial score (nSPS) is 13.2. The third-order valence-corrected chi connectivity index (χ3v) is 7.04. The van der Waals surface area contributed by atoms with Gasteiger partial charge in [0.05, 0.1) is 16.0 Å². The first-order chi connectivity index (χ1) is 9.20. The topological polar surface area (TPSA) is 136 Å². The summed E-state index contributed by atoms with van der Waals surface area (Å²) in [5.41, 5.74) is -0.615. The van der Waals surface area contributed by atoms with Gasteiger partial charge in [-0.25, -0.2) is 8.42 Å². The predicted molar refractivity (Wildman–Crippen MR) is 68.7 cm³/mol. The zero-order chi connectivity index (χ0) is 15.6. The second-order valence-corrected chi connectivity index (χ2v) is 7.80. The molecule has 0 saturated carbocycles. The predicted octanol–water partition coefficient (Wildman–Crippen LogP) is 0.828. The molecule has 20 heavy (non-hydrogen) atoms. The molecule has 9 heteroatoms. The van der Waals surface area contributed by atoms with Crippen LogP contribution in [-0.4, -0.2) is 26.0 Å². The Morgan fingerprint density at radius 1 is 1.20 bits per heavy atom. The molecule has 0 aliphatic heterocycles. The molecule has 7 nitrogen and oxygen atoms in total. The van der Waals surface area contributed by atoms with Gasteiger partial charge in [0.2, 0.25) is 0 Å². The fraction of sp³-hybridized carbons (Fsp3) is 0.273. The molecule has 1 aromatic carbocycles. The van der Waals surface area contributed by atoms with E-state index >= 15 is 0 Å². The highest BCUT2D eigenvalue weighted by Crippen LogP contribution is 2.26. The Morgan fingerprint density at radius 2 is 1.80 bits per heavy atom. The summed E-state index contributed by atoms with van der Waals surface area (Å²) in [4.78, 5) is -0.580. The SMILES string of the molecule is CCC(S(=O)(=O)O)S(=O)(=O)c1cccc(C#N)c1C#N. The van der Waals surface area contributed by atoms with Gasteiger partial charge >= 0.3 is 0 Å². The number of hydrogen-bond donors (Lipinski definition) is 1. The van der Waals surface area contributed by atoms with Crippen LogP contribution in [0.3, 0.4) is 0 Å². The van der Waals surface area contributed by atoms with Crippen LogP contribution in [0.2, 0.25) is 0 Å². The van der Waals surface area contributed by atoms with Gasteiger partial charge in [-0.3, -0.25) is 4.55 Å². The summed E-state index contributed by atoms with van der Waals surface area (Å²) in [6.07, 6.45) is -0.386. The number of benzene rings is 1. The molecular weight excluding hydrogens is 304 g/mol. The standard InChI is InChI=1S/C11H10N2O5S2/c1-2-11(20(16,17)18)19(14,15)10-5-3-4-8(6-12)9(10)7-13/h3-5,11H,2H2,1H3,(H,16,17,18). The van der Waals surface area contributed by atoms with E-state index in [0.29, 0.717) is 0 Å². The van der Waals surface area contributed by atoms with Crippen LogP contribution < -0.4 is 0 Å². The lowest BCUT2D eigenvalue weighted by molar-refractivity contribution is 0.475. The fourth-order valence-electron chi connectivity index (χ4n) is 1.71. The maximum Gasteiger partial charge on any atom is 0.282 e. The van der Waals surface area contributed by atoms with Crippen molar-refractivity contribution in [2.45, 2.75) is 22.8 Å². The highest BCUT2D eigenvalue weighted by atomic mass is 32.3. The Balaban J connectivity index is 3.70. The van der Waals surface area contributed by atoms with Gasteiger partial charge in [-0.1, -0.05) is 13.0 Å². The van der Waals surface area contributed by atoms with Gasteiger partial charge in [-0.05, 0) is 18.6 Å². The number of rotatable bonds is 4. The smallest absolute Gasteiger partial charge is 0.282 e. The zero-order valence-corrected chi connectivity index (χ0v) is 11.9. The van der Waals surface area contributed by atoms with E-state index in [1.165, 1.54) is 19.1 Å². The monoisotopic (exact) mass is 314 g/mol. The molecule has 0 spiro atoms. The summed E-state index contributed by atoms with van der Waals surface area (Å²) >= 11 is 0. The first-order valence-corrected chi connectivity index (χ1v) is 8.38. The van der Waals surface area contributed by atoms with Crippen LogP contribution in [0.4, 0.5) is 0 Å². The number of nitrogens with zero attached hydrogens (tertiary/aromatic N) is 2. The van der Waals surface area contributed by atoms with Gasteiger partial charge in [0.1, 0.15) is 12.1 Å². The minimum Gasteiger partial charge on any atom is -0.285 e. The molecule has 0 bridgehead atoms. The van der Waals surface area contributed by atoms with Crippen molar-refractivity contribution in [1.82, 2.24) is 0 Å². The van der Waals surface area contributed by atoms with E-state index in [4.69, 9.17) is 15.1 Å². The van der Waals surface area contributed by atoms with E-state index < -0.39 is 35.0 Å². The van der Waals surface area contributed by atoms with Crippen LogP contribution in [0.15, 0.2) is 23.1 Å². The van der Waals surface area contributed by atoms with Crippen LogP contribution in [0.1, 0.15) is 24.5 Å². The lowest BCUT2D eigenvalue weighted by atomic mass is 10.1. The number of sulfone groups is 1. The largest absolute Gasteiger partial charge is 0.285 e. The average Bonchev–Trinajstić information content (AvgIpc) is 2.36. The summed E-state index contributed by atoms with van der Waals surface area (Å²) < 4.78 is 53.8. The Hall–Kier alpha value is -1.94. The Bertz CT molecular complexity index is 813. The first-order valence-electron chi connectivity index (χ1n) is 5.33. The first kappa shape index (κ1) is 16.1. The molecule has 1 aromatic rings. The van der Waals surface area contributed by atoms with Crippen LogP contribution in [0.5, 0.6) is 0 Å². The Labute approximate surface area is 116 Å². The average molecular weight is 314 g/mol. The van der Waals surface area contributed by atoms with E-state index in [1.54, 1.807) is 12.1 Å². The molecule has 0 amide bonds. The molecule has 1 rings (SSSR count). The summed E-state index contributed by atoms with van der Waals surface area (Å²) in [5, 5.41) is 17.8. The van der Waals surface area contributed by atoms with Crippen molar-refractivity contribution in [3.05, 3.63) is 29.3 Å². The van der Waals surface area contributed by atoms with Crippen molar-refractivity contribution in [3.63, 3.8) is 0 Å². The molecule has 0 fully saturated rings. The molecule has 1 unspecified atom stereocenters. The number of nitriles is 2. The van der Waals surface area contributed by atoms with E-state index in [2.05, 4.69) is 0 Å². The van der Waals surface area contributed by atoms with Gasteiger partial charge in [-0.2, -0.15) is 18.9 Å². The quantitative estimate of drug-likeness (QED) is 0.812. The van der Waals surface area contributed by atoms with E-state index in [0.717, 1.165) is 6.07 Å². The van der Waals surface area contributed by atoms with Crippen LogP contribution in [-0.2, 0) is 20.0 Å². The molecule has 0 aliphatic carbocycles. The van der Waals surface area contributed by atoms with Gasteiger partial charge in [0, 0.05) is 0 Å². The van der Waals surface area contributed by atoms with Crippen molar-refractivity contribution in [1.29, 1.82) is 10.5 Å². The third kappa shape index (κ3) is 2.80. The minimum absolute atomic E-state index is 0.182. The zero-order valence-electron chi connectivity index (χ0n) is 10.3. The molecule has 106 valence electrons. The lowest BCUT2D eigenvalue weighted by Crippen LogP contribution is -2.30. The van der Waals surface area contributed by atoms with Crippen LogP contribution >= 0.6 is 0 Å². The van der Waals surface area contributed by atoms with Crippen LogP contribution in [0.25, 0.3) is 0 Å². The third-order valence-electron chi connectivity index (χ3n) is 2.58. The summed E-state index contributed by atoms with van der Waals surface area (Å²) in [6.45, 7) is 1.27. The van der Waals surface area contributed by atoms with Gasteiger partial charge < -0.3 is 0 Å². The van der Waals surface area contributed by atoms with Crippen molar-refractivity contribution in [2.75, 3.05) is 0 Å². The molecule has 1 N–H and O–H groups in total. The Morgan fingerprint density at radius 3 is 2.20 bits per heavy atom. The second kappa shape index (κ2) is 5.59. The van der Waals surface area contributed by atoms with E-state index in [1.807, 2.05) is 0 Å². The molecule has 0 heterocycles. The molecule has 0 aliphatic rings. The Kier molecular flexibility index (Phi) is 4.50. The summed E-state index contributed by atoms with van der Waals surface area (Å²) in [6, 6.07) is 6.73. The maximum absolute atomic E-state index is 12.3. The van der Waals surface area contributed by atoms with Gasteiger partial charge in [0.15, 0.2) is 14.4 Å². The maximum atomic E-state index is 12.3. The summed E-state index contributed by atoms with van der Waals surface area (Å²) in [5.74, 6) is 0. The van der Waals surface area contributed by atoms with Crippen molar-refractivity contribution < 1.29 is 21.4 Å². The van der Waals surface area contributed by atoms with Gasteiger partial charge in [0.25, 0.3) is 10.1 Å². The molecule has 1 atom stereocenters. The second-order valence-electron chi connectivity index (χ2n) is 3.80. The molecule has 0 saturated heterocycles. The highest BCUT2D eigenvalue weighted by Gasteiger charge is 2.38. The fourth-order valence-corrected chi connectivity index (χ4v) is 5.15. The van der Waals surface area contributed by atoms with Crippen molar-refractivity contribution >= 4 is 20.0 Å². The molecule has 0 aromatic heterocycles. The van der Waals surface area contributed by atoms with Crippen LogP contribution in [0, 0.1) is 22.7 Å². The van der Waals surface area contributed by atoms with E-state index in [9.17, 15) is 16.8 Å². The minimum atomic E-state index is -4.85. The molecule has 0 radical (unpaired) electrons. The number of hydrogen-bond acceptors (Lipinski definition) is 6.